The zero-order valence-electron chi connectivity index (χ0n) is 11.1. The third kappa shape index (κ3) is 3.93. The molecule has 0 radical (unpaired) electrons. The normalized spacial score (nSPS) is 10.0. The van der Waals surface area contributed by atoms with E-state index in [2.05, 4.69) is 15.6 Å². The molecule has 7 heteroatoms. The van der Waals surface area contributed by atoms with Crippen molar-refractivity contribution in [3.05, 3.63) is 57.5 Å². The molecule has 2 rings (SSSR count). The summed E-state index contributed by atoms with van der Waals surface area (Å²) in [6.45, 7) is 1.37. The second kappa shape index (κ2) is 6.23. The molecule has 0 bridgehead atoms. The number of H-pyrrole nitrogens is 1. The molecule has 2 amide bonds. The molecule has 0 spiro atoms. The molecule has 1 heterocycles. The molecule has 0 saturated heterocycles. The van der Waals surface area contributed by atoms with Gasteiger partial charge in [-0.15, -0.1) is 0 Å². The number of hydrogen-bond acceptors (Lipinski definition) is 3. The molecule has 0 aliphatic heterocycles. The number of aromatic nitrogens is 1. The molecule has 0 saturated carbocycles. The van der Waals surface area contributed by atoms with Crippen molar-refractivity contribution < 1.29 is 9.59 Å². The van der Waals surface area contributed by atoms with Gasteiger partial charge in [0.1, 0.15) is 5.69 Å². The summed E-state index contributed by atoms with van der Waals surface area (Å²) in [5, 5.41) is 5.46. The van der Waals surface area contributed by atoms with E-state index in [1.807, 2.05) is 0 Å². The Bertz CT molecular complexity index is 755. The molecule has 1 aromatic carbocycles. The number of amides is 2. The van der Waals surface area contributed by atoms with Gasteiger partial charge in [-0.2, -0.15) is 0 Å². The topological polar surface area (TPSA) is 91.1 Å². The third-order valence-electron chi connectivity index (χ3n) is 2.55. The van der Waals surface area contributed by atoms with E-state index in [4.69, 9.17) is 11.6 Å². The van der Waals surface area contributed by atoms with Crippen LogP contribution in [0.2, 0.25) is 5.02 Å². The highest BCUT2D eigenvalue weighted by molar-refractivity contribution is 6.34. The van der Waals surface area contributed by atoms with E-state index in [1.54, 1.807) is 12.1 Å². The highest BCUT2D eigenvalue weighted by Crippen LogP contribution is 2.25. The second-order valence-corrected chi connectivity index (χ2v) is 4.67. The van der Waals surface area contributed by atoms with E-state index in [0.717, 1.165) is 0 Å². The number of benzene rings is 1. The van der Waals surface area contributed by atoms with Gasteiger partial charge in [-0.1, -0.05) is 17.7 Å². The van der Waals surface area contributed by atoms with E-state index in [-0.39, 0.29) is 17.2 Å². The molecule has 21 heavy (non-hydrogen) atoms. The zero-order chi connectivity index (χ0) is 15.4. The lowest BCUT2D eigenvalue weighted by molar-refractivity contribution is -0.114. The highest BCUT2D eigenvalue weighted by atomic mass is 35.5. The smallest absolute Gasteiger partial charge is 0.272 e. The number of aromatic amines is 1. The Hall–Kier alpha value is -2.60. The van der Waals surface area contributed by atoms with Crippen molar-refractivity contribution in [3.63, 3.8) is 0 Å². The summed E-state index contributed by atoms with van der Waals surface area (Å²) in [4.78, 5) is 36.5. The van der Waals surface area contributed by atoms with Crippen LogP contribution in [0.3, 0.4) is 0 Å². The van der Waals surface area contributed by atoms with E-state index in [0.29, 0.717) is 16.4 Å². The summed E-state index contributed by atoms with van der Waals surface area (Å²) in [6.07, 6.45) is 0. The summed E-state index contributed by atoms with van der Waals surface area (Å²) in [5.74, 6) is -0.702. The third-order valence-corrected chi connectivity index (χ3v) is 2.86. The number of halogens is 1. The molecular weight excluding hydrogens is 294 g/mol. The van der Waals surface area contributed by atoms with E-state index in [1.165, 1.54) is 31.2 Å². The molecule has 6 nitrogen and oxygen atoms in total. The van der Waals surface area contributed by atoms with E-state index in [9.17, 15) is 14.4 Å². The lowest BCUT2D eigenvalue weighted by atomic mass is 10.2. The summed E-state index contributed by atoms with van der Waals surface area (Å²) in [6, 6.07) is 8.97. The van der Waals surface area contributed by atoms with Crippen LogP contribution in [-0.4, -0.2) is 16.8 Å². The monoisotopic (exact) mass is 305 g/mol. The highest BCUT2D eigenvalue weighted by Gasteiger charge is 2.09. The number of hydrogen-bond donors (Lipinski definition) is 3. The minimum Gasteiger partial charge on any atom is -0.325 e. The van der Waals surface area contributed by atoms with Gasteiger partial charge in [0, 0.05) is 18.7 Å². The van der Waals surface area contributed by atoms with Crippen molar-refractivity contribution in [3.8, 4) is 0 Å². The fourth-order valence-corrected chi connectivity index (χ4v) is 1.89. The number of carbonyl (C=O) groups is 2. The average molecular weight is 306 g/mol. The Balaban J connectivity index is 2.16. The van der Waals surface area contributed by atoms with Crippen LogP contribution in [0.4, 0.5) is 11.4 Å². The minimum atomic E-state index is -0.462. The molecule has 2 aromatic rings. The predicted molar refractivity (Wildman–Crippen MR) is 80.8 cm³/mol. The van der Waals surface area contributed by atoms with Crippen LogP contribution < -0.4 is 16.2 Å². The first-order valence-corrected chi connectivity index (χ1v) is 6.41. The molecular formula is C14H12ClN3O3. The van der Waals surface area contributed by atoms with Crippen molar-refractivity contribution in [2.75, 3.05) is 10.6 Å². The fourth-order valence-electron chi connectivity index (χ4n) is 1.66. The van der Waals surface area contributed by atoms with Gasteiger partial charge in [-0.05, 0) is 24.3 Å². The maximum absolute atomic E-state index is 11.9. The predicted octanol–water partition coefficient (Wildman–Crippen LogP) is 2.24. The number of anilines is 2. The fraction of sp³-hybridized carbons (Fsp3) is 0.0714. The molecule has 108 valence electrons. The van der Waals surface area contributed by atoms with Gasteiger partial charge in [0.25, 0.3) is 5.91 Å². The minimum absolute atomic E-state index is 0.143. The Kier molecular flexibility index (Phi) is 4.39. The van der Waals surface area contributed by atoms with Crippen LogP contribution >= 0.6 is 11.6 Å². The Morgan fingerprint density at radius 2 is 1.90 bits per heavy atom. The van der Waals surface area contributed by atoms with Crippen LogP contribution in [0.25, 0.3) is 0 Å². The Labute approximate surface area is 125 Å². The number of nitrogens with one attached hydrogen (secondary N) is 3. The Morgan fingerprint density at radius 3 is 2.52 bits per heavy atom. The standard InChI is InChI=1S/C14H12ClN3O3/c1-8(19)16-11-6-5-9(7-10(11)15)17-14(21)12-3-2-4-13(20)18-12/h2-7H,1H3,(H,16,19)(H,17,21)(H,18,20). The zero-order valence-corrected chi connectivity index (χ0v) is 11.8. The molecule has 3 N–H and O–H groups in total. The van der Waals surface area contributed by atoms with Gasteiger partial charge in [0.2, 0.25) is 11.5 Å². The Morgan fingerprint density at radius 1 is 1.14 bits per heavy atom. The summed E-state index contributed by atoms with van der Waals surface area (Å²) >= 11 is 6.00. The van der Waals surface area contributed by atoms with E-state index >= 15 is 0 Å². The van der Waals surface area contributed by atoms with Gasteiger partial charge in [-0.3, -0.25) is 14.4 Å². The van der Waals surface area contributed by atoms with Crippen LogP contribution in [0.15, 0.2) is 41.2 Å². The largest absolute Gasteiger partial charge is 0.325 e. The van der Waals surface area contributed by atoms with E-state index < -0.39 is 5.91 Å². The lowest BCUT2D eigenvalue weighted by Gasteiger charge is -2.09. The van der Waals surface area contributed by atoms with Gasteiger partial charge in [0.05, 0.1) is 10.7 Å². The van der Waals surface area contributed by atoms with Crippen molar-refractivity contribution in [2.24, 2.45) is 0 Å². The first-order chi connectivity index (χ1) is 9.95. The number of carbonyl (C=O) groups excluding carboxylic acids is 2. The quantitative estimate of drug-likeness (QED) is 0.812. The molecule has 0 atom stereocenters. The summed E-state index contributed by atoms with van der Waals surface area (Å²) < 4.78 is 0. The van der Waals surface area contributed by atoms with Crippen molar-refractivity contribution in [1.82, 2.24) is 4.98 Å². The van der Waals surface area contributed by atoms with Gasteiger partial charge in [0.15, 0.2) is 0 Å². The van der Waals surface area contributed by atoms with Gasteiger partial charge in [-0.25, -0.2) is 0 Å². The van der Waals surface area contributed by atoms with Gasteiger partial charge < -0.3 is 15.6 Å². The van der Waals surface area contributed by atoms with Crippen molar-refractivity contribution >= 4 is 34.8 Å². The van der Waals surface area contributed by atoms with Gasteiger partial charge >= 0.3 is 0 Å². The van der Waals surface area contributed by atoms with Crippen molar-refractivity contribution in [2.45, 2.75) is 6.92 Å². The maximum atomic E-state index is 11.9. The summed E-state index contributed by atoms with van der Waals surface area (Å²) in [7, 11) is 0. The van der Waals surface area contributed by atoms with Crippen LogP contribution in [0.1, 0.15) is 17.4 Å². The summed E-state index contributed by atoms with van der Waals surface area (Å²) in [5.41, 5.74) is 0.685. The molecule has 0 unspecified atom stereocenters. The van der Waals surface area contributed by atoms with Crippen molar-refractivity contribution in [1.29, 1.82) is 0 Å². The van der Waals surface area contributed by atoms with Crippen LogP contribution in [0, 0.1) is 0 Å². The first-order valence-electron chi connectivity index (χ1n) is 6.03. The maximum Gasteiger partial charge on any atom is 0.272 e. The molecule has 0 aliphatic rings. The molecule has 1 aromatic heterocycles. The number of rotatable bonds is 3. The van der Waals surface area contributed by atoms with Crippen LogP contribution in [-0.2, 0) is 4.79 Å². The van der Waals surface area contributed by atoms with Crippen LogP contribution in [0.5, 0.6) is 0 Å². The molecule has 0 aliphatic carbocycles. The molecule has 0 fully saturated rings. The second-order valence-electron chi connectivity index (χ2n) is 4.26. The SMILES string of the molecule is CC(=O)Nc1ccc(NC(=O)c2cccc(=O)[nH]2)cc1Cl. The average Bonchev–Trinajstić information content (AvgIpc) is 2.41. The number of pyridine rings is 1. The first kappa shape index (κ1) is 14.8. The lowest BCUT2D eigenvalue weighted by Crippen LogP contribution is -2.18.